The molecule has 0 unspecified atom stereocenters. The van der Waals surface area contributed by atoms with Gasteiger partial charge in [0.15, 0.2) is 0 Å². The van der Waals surface area contributed by atoms with E-state index in [1.807, 2.05) is 12.1 Å². The summed E-state index contributed by atoms with van der Waals surface area (Å²) in [5.41, 5.74) is 1.20. The van der Waals surface area contributed by atoms with E-state index in [2.05, 4.69) is 15.2 Å². The van der Waals surface area contributed by atoms with Crippen molar-refractivity contribution in [2.24, 2.45) is 5.92 Å². The molecular weight excluding hydrogens is 218 g/mol. The average Bonchev–Trinajstić information content (AvgIpc) is 2.38. The second-order valence-corrected chi connectivity index (χ2v) is 4.32. The first-order valence-corrected chi connectivity index (χ1v) is 5.87. The minimum absolute atomic E-state index is 0.462. The van der Waals surface area contributed by atoms with Crippen LogP contribution in [0.4, 0.5) is 10.5 Å². The Balaban J connectivity index is 1.80. The maximum absolute atomic E-state index is 10.4. The third kappa shape index (κ3) is 3.34. The van der Waals surface area contributed by atoms with Crippen molar-refractivity contribution in [2.75, 3.05) is 24.5 Å². The molecule has 1 amide bonds. The number of aromatic nitrogens is 1. The van der Waals surface area contributed by atoms with Gasteiger partial charge < -0.3 is 15.3 Å². The molecule has 0 saturated carbocycles. The van der Waals surface area contributed by atoms with Crippen LogP contribution < -0.4 is 10.2 Å². The summed E-state index contributed by atoms with van der Waals surface area (Å²) in [4.78, 5) is 16.7. The minimum Gasteiger partial charge on any atom is -0.465 e. The van der Waals surface area contributed by atoms with Gasteiger partial charge in [-0.2, -0.15) is 0 Å². The fraction of sp³-hybridized carbons (Fsp3) is 0.500. The van der Waals surface area contributed by atoms with E-state index in [1.54, 1.807) is 12.4 Å². The Kier molecular flexibility index (Phi) is 3.80. The van der Waals surface area contributed by atoms with Gasteiger partial charge in [0, 0.05) is 37.7 Å². The Morgan fingerprint density at radius 2 is 2.06 bits per heavy atom. The lowest BCUT2D eigenvalue weighted by molar-refractivity contribution is 0.191. The molecule has 1 aromatic rings. The van der Waals surface area contributed by atoms with Crippen LogP contribution in [0.2, 0.25) is 0 Å². The van der Waals surface area contributed by atoms with Crippen LogP contribution in [0.1, 0.15) is 12.8 Å². The highest BCUT2D eigenvalue weighted by atomic mass is 16.4. The number of nitrogens with zero attached hydrogens (tertiary/aromatic N) is 2. The third-order valence-corrected chi connectivity index (χ3v) is 3.18. The highest BCUT2D eigenvalue weighted by molar-refractivity contribution is 5.64. The molecule has 5 heteroatoms. The van der Waals surface area contributed by atoms with Crippen molar-refractivity contribution in [3.63, 3.8) is 0 Å². The predicted octanol–water partition coefficient (Wildman–Crippen LogP) is 1.57. The third-order valence-electron chi connectivity index (χ3n) is 3.18. The second-order valence-electron chi connectivity index (χ2n) is 4.32. The normalized spacial score (nSPS) is 16.8. The number of pyridine rings is 1. The van der Waals surface area contributed by atoms with Crippen molar-refractivity contribution in [2.45, 2.75) is 12.8 Å². The molecule has 2 rings (SSSR count). The van der Waals surface area contributed by atoms with Gasteiger partial charge in [-0.05, 0) is 30.9 Å². The Morgan fingerprint density at radius 1 is 1.41 bits per heavy atom. The number of amides is 1. The average molecular weight is 235 g/mol. The van der Waals surface area contributed by atoms with Crippen LogP contribution in [0.25, 0.3) is 0 Å². The van der Waals surface area contributed by atoms with E-state index < -0.39 is 6.09 Å². The van der Waals surface area contributed by atoms with Gasteiger partial charge in [-0.3, -0.25) is 4.98 Å². The Labute approximate surface area is 100 Å². The number of anilines is 1. The van der Waals surface area contributed by atoms with Crippen molar-refractivity contribution in [1.29, 1.82) is 0 Å². The molecule has 1 aromatic heterocycles. The number of rotatable bonds is 3. The molecule has 0 aromatic carbocycles. The molecule has 0 radical (unpaired) electrons. The summed E-state index contributed by atoms with van der Waals surface area (Å²) in [5, 5.41) is 11.0. The number of hydrogen-bond donors (Lipinski definition) is 2. The Bertz CT molecular complexity index is 361. The maximum Gasteiger partial charge on any atom is 0.404 e. The molecule has 1 aliphatic heterocycles. The quantitative estimate of drug-likeness (QED) is 0.834. The van der Waals surface area contributed by atoms with Gasteiger partial charge in [0.1, 0.15) is 0 Å². The fourth-order valence-electron chi connectivity index (χ4n) is 2.18. The molecule has 0 spiro atoms. The highest BCUT2D eigenvalue weighted by Crippen LogP contribution is 2.21. The monoisotopic (exact) mass is 235 g/mol. The first kappa shape index (κ1) is 11.7. The summed E-state index contributed by atoms with van der Waals surface area (Å²) in [7, 11) is 0. The van der Waals surface area contributed by atoms with Crippen LogP contribution >= 0.6 is 0 Å². The van der Waals surface area contributed by atoms with Crippen LogP contribution in [0.15, 0.2) is 24.5 Å². The van der Waals surface area contributed by atoms with Gasteiger partial charge in [0.25, 0.3) is 0 Å². The summed E-state index contributed by atoms with van der Waals surface area (Å²) in [6, 6.07) is 4.02. The van der Waals surface area contributed by atoms with Crippen molar-refractivity contribution in [1.82, 2.24) is 10.3 Å². The number of nitrogens with one attached hydrogen (secondary N) is 1. The molecule has 0 aliphatic carbocycles. The second kappa shape index (κ2) is 5.52. The zero-order valence-corrected chi connectivity index (χ0v) is 9.67. The van der Waals surface area contributed by atoms with Crippen molar-refractivity contribution in [3.8, 4) is 0 Å². The van der Waals surface area contributed by atoms with E-state index in [0.29, 0.717) is 12.5 Å². The maximum atomic E-state index is 10.4. The largest absolute Gasteiger partial charge is 0.465 e. The van der Waals surface area contributed by atoms with E-state index in [9.17, 15) is 4.79 Å². The molecule has 5 nitrogen and oxygen atoms in total. The van der Waals surface area contributed by atoms with E-state index >= 15 is 0 Å². The van der Waals surface area contributed by atoms with Gasteiger partial charge in [0.05, 0.1) is 0 Å². The lowest BCUT2D eigenvalue weighted by Crippen LogP contribution is -2.38. The van der Waals surface area contributed by atoms with Gasteiger partial charge in [-0.15, -0.1) is 0 Å². The minimum atomic E-state index is -0.929. The molecule has 17 heavy (non-hydrogen) atoms. The summed E-state index contributed by atoms with van der Waals surface area (Å²) in [6.45, 7) is 2.53. The zero-order chi connectivity index (χ0) is 12.1. The van der Waals surface area contributed by atoms with Crippen LogP contribution in [0.5, 0.6) is 0 Å². The van der Waals surface area contributed by atoms with E-state index in [4.69, 9.17) is 5.11 Å². The van der Waals surface area contributed by atoms with Crippen LogP contribution in [-0.2, 0) is 0 Å². The van der Waals surface area contributed by atoms with Gasteiger partial charge in [-0.25, -0.2) is 4.79 Å². The number of hydrogen-bond acceptors (Lipinski definition) is 3. The number of carbonyl (C=O) groups is 1. The van der Waals surface area contributed by atoms with E-state index in [0.717, 1.165) is 25.9 Å². The Hall–Kier alpha value is -1.78. The van der Waals surface area contributed by atoms with E-state index in [-0.39, 0.29) is 0 Å². The van der Waals surface area contributed by atoms with Crippen molar-refractivity contribution in [3.05, 3.63) is 24.5 Å². The summed E-state index contributed by atoms with van der Waals surface area (Å²) >= 11 is 0. The lowest BCUT2D eigenvalue weighted by Gasteiger charge is -2.33. The van der Waals surface area contributed by atoms with Crippen LogP contribution in [-0.4, -0.2) is 35.8 Å². The highest BCUT2D eigenvalue weighted by Gasteiger charge is 2.19. The molecule has 0 atom stereocenters. The molecule has 0 bridgehead atoms. The van der Waals surface area contributed by atoms with E-state index in [1.165, 1.54) is 5.69 Å². The summed E-state index contributed by atoms with van der Waals surface area (Å²) in [5.74, 6) is 0.462. The van der Waals surface area contributed by atoms with Crippen LogP contribution in [0, 0.1) is 5.92 Å². The Morgan fingerprint density at radius 3 is 2.65 bits per heavy atom. The molecule has 1 fully saturated rings. The van der Waals surface area contributed by atoms with Gasteiger partial charge >= 0.3 is 6.09 Å². The zero-order valence-electron chi connectivity index (χ0n) is 9.67. The van der Waals surface area contributed by atoms with Crippen molar-refractivity contribution >= 4 is 11.8 Å². The summed E-state index contributed by atoms with van der Waals surface area (Å²) in [6.07, 6.45) is 4.73. The number of carboxylic acid groups (broad SMARTS) is 1. The first-order chi connectivity index (χ1) is 8.25. The molecule has 92 valence electrons. The smallest absolute Gasteiger partial charge is 0.404 e. The predicted molar refractivity (Wildman–Crippen MR) is 65.2 cm³/mol. The number of piperidine rings is 1. The lowest BCUT2D eigenvalue weighted by atomic mass is 9.96. The molecule has 1 aliphatic rings. The topological polar surface area (TPSA) is 65.5 Å². The standard InChI is InChI=1S/C12H17N3O2/c16-12(17)14-9-10-3-7-15(8-4-10)11-1-5-13-6-2-11/h1-2,5-6,10,14H,3-4,7-9H2,(H,16,17). The van der Waals surface area contributed by atoms with Crippen LogP contribution in [0.3, 0.4) is 0 Å². The molecule has 1 saturated heterocycles. The van der Waals surface area contributed by atoms with Gasteiger partial charge in [0.2, 0.25) is 0 Å². The van der Waals surface area contributed by atoms with Gasteiger partial charge in [-0.1, -0.05) is 0 Å². The molecule has 2 heterocycles. The SMILES string of the molecule is O=C(O)NCC1CCN(c2ccncc2)CC1. The van der Waals surface area contributed by atoms with Crippen molar-refractivity contribution < 1.29 is 9.90 Å². The fourth-order valence-corrected chi connectivity index (χ4v) is 2.18. The molecule has 2 N–H and O–H groups in total. The summed E-state index contributed by atoms with van der Waals surface area (Å²) < 4.78 is 0. The first-order valence-electron chi connectivity index (χ1n) is 5.87. The molecular formula is C12H17N3O2.